The Morgan fingerprint density at radius 1 is 0.962 bits per heavy atom. The molecule has 0 bridgehead atoms. The topological polar surface area (TPSA) is 58.9 Å². The van der Waals surface area contributed by atoms with Gasteiger partial charge in [0.1, 0.15) is 0 Å². The van der Waals surface area contributed by atoms with Crippen molar-refractivity contribution in [2.24, 2.45) is 0 Å². The van der Waals surface area contributed by atoms with E-state index in [1.54, 1.807) is 7.11 Å². The number of unbranched alkanes of at least 4 members (excludes halogenated alkanes) is 1. The average Bonchev–Trinajstić information content (AvgIpc) is 2.67. The summed E-state index contributed by atoms with van der Waals surface area (Å²) in [7, 11) is 1.56. The standard InChI is InChI=1S/C22H28O4/c1-25-21-15-19(17-26-16-18-10-6-5-7-11-18)14-20(22(21)24)12-8-3-2-4-9-13-23/h2,4-7,10-11,14-15,23-24H,3,8-9,12-13,16-17H2,1H3/b4-2-. The van der Waals surface area contributed by atoms with Crippen molar-refractivity contribution in [2.75, 3.05) is 13.7 Å². The first-order valence-electron chi connectivity index (χ1n) is 9.01. The molecule has 0 radical (unpaired) electrons. The van der Waals surface area contributed by atoms with Crippen molar-refractivity contribution < 1.29 is 19.7 Å². The van der Waals surface area contributed by atoms with Crippen molar-refractivity contribution in [1.82, 2.24) is 0 Å². The number of hydrogen-bond donors (Lipinski definition) is 2. The number of methoxy groups -OCH3 is 1. The monoisotopic (exact) mass is 356 g/mol. The maximum absolute atomic E-state index is 10.3. The Labute approximate surface area is 155 Å². The number of aliphatic hydroxyl groups is 1. The van der Waals surface area contributed by atoms with Crippen molar-refractivity contribution >= 4 is 0 Å². The van der Waals surface area contributed by atoms with Crippen LogP contribution < -0.4 is 4.74 Å². The highest BCUT2D eigenvalue weighted by atomic mass is 16.5. The van der Waals surface area contributed by atoms with Crippen LogP contribution in [0.5, 0.6) is 11.5 Å². The van der Waals surface area contributed by atoms with E-state index in [9.17, 15) is 5.11 Å². The number of aliphatic hydroxyl groups excluding tert-OH is 1. The first-order chi connectivity index (χ1) is 12.7. The number of benzene rings is 2. The smallest absolute Gasteiger partial charge is 0.161 e. The summed E-state index contributed by atoms with van der Waals surface area (Å²) in [6.07, 6.45) is 7.33. The third-order valence-electron chi connectivity index (χ3n) is 4.09. The summed E-state index contributed by atoms with van der Waals surface area (Å²) in [6, 6.07) is 13.9. The summed E-state index contributed by atoms with van der Waals surface area (Å²) in [6.45, 7) is 1.20. The van der Waals surface area contributed by atoms with E-state index < -0.39 is 0 Å². The van der Waals surface area contributed by atoms with E-state index >= 15 is 0 Å². The van der Waals surface area contributed by atoms with E-state index in [0.29, 0.717) is 25.4 Å². The molecule has 4 nitrogen and oxygen atoms in total. The maximum Gasteiger partial charge on any atom is 0.161 e. The number of phenols is 1. The van der Waals surface area contributed by atoms with Gasteiger partial charge in [0, 0.05) is 6.61 Å². The lowest BCUT2D eigenvalue weighted by molar-refractivity contribution is 0.107. The lowest BCUT2D eigenvalue weighted by Gasteiger charge is -2.12. The van der Waals surface area contributed by atoms with Crippen LogP contribution >= 0.6 is 0 Å². The van der Waals surface area contributed by atoms with Crippen molar-refractivity contribution in [2.45, 2.75) is 38.9 Å². The Morgan fingerprint density at radius 2 is 1.69 bits per heavy atom. The minimum atomic E-state index is 0.180. The first kappa shape index (κ1) is 20.0. The molecule has 2 aromatic rings. The normalized spacial score (nSPS) is 11.2. The van der Waals surface area contributed by atoms with E-state index in [0.717, 1.165) is 36.0 Å². The third-order valence-corrected chi connectivity index (χ3v) is 4.09. The van der Waals surface area contributed by atoms with E-state index in [1.807, 2.05) is 48.5 Å². The van der Waals surface area contributed by atoms with Gasteiger partial charge in [-0.15, -0.1) is 0 Å². The van der Waals surface area contributed by atoms with Gasteiger partial charge in [-0.05, 0) is 54.5 Å². The molecule has 0 heterocycles. The molecule has 26 heavy (non-hydrogen) atoms. The number of ether oxygens (including phenoxy) is 2. The summed E-state index contributed by atoms with van der Waals surface area (Å²) in [5.41, 5.74) is 2.99. The van der Waals surface area contributed by atoms with Gasteiger partial charge in [-0.1, -0.05) is 42.5 Å². The zero-order valence-corrected chi connectivity index (χ0v) is 15.4. The number of aromatic hydroxyl groups is 1. The Hall–Kier alpha value is -2.30. The van der Waals surface area contributed by atoms with Gasteiger partial charge in [0.2, 0.25) is 0 Å². The van der Waals surface area contributed by atoms with E-state index in [2.05, 4.69) is 6.08 Å². The Bertz CT molecular complexity index is 680. The van der Waals surface area contributed by atoms with Crippen LogP contribution in [0.25, 0.3) is 0 Å². The number of hydrogen-bond acceptors (Lipinski definition) is 4. The second kappa shape index (κ2) is 11.3. The van der Waals surface area contributed by atoms with E-state index in [-0.39, 0.29) is 12.4 Å². The summed E-state index contributed by atoms with van der Waals surface area (Å²) in [5, 5.41) is 19.1. The van der Waals surface area contributed by atoms with Gasteiger partial charge >= 0.3 is 0 Å². The minimum Gasteiger partial charge on any atom is -0.504 e. The van der Waals surface area contributed by atoms with Crippen LogP contribution in [0.1, 0.15) is 36.0 Å². The predicted molar refractivity (Wildman–Crippen MR) is 103 cm³/mol. The SMILES string of the molecule is COc1cc(COCc2ccccc2)cc(CCC/C=C\CCO)c1O. The lowest BCUT2D eigenvalue weighted by Crippen LogP contribution is -1.98. The fraction of sp³-hybridized carbons (Fsp3) is 0.364. The first-order valence-corrected chi connectivity index (χ1v) is 9.01. The quantitative estimate of drug-likeness (QED) is 0.463. The van der Waals surface area contributed by atoms with Crippen LogP contribution in [-0.4, -0.2) is 23.9 Å². The van der Waals surface area contributed by atoms with Crippen LogP contribution in [-0.2, 0) is 24.4 Å². The van der Waals surface area contributed by atoms with Gasteiger partial charge in [-0.2, -0.15) is 0 Å². The van der Waals surface area contributed by atoms with Gasteiger partial charge in [-0.25, -0.2) is 0 Å². The van der Waals surface area contributed by atoms with Crippen molar-refractivity contribution in [3.8, 4) is 11.5 Å². The number of phenolic OH excluding ortho intramolecular Hbond substituents is 1. The zero-order valence-electron chi connectivity index (χ0n) is 15.4. The Kier molecular flexibility index (Phi) is 8.73. The van der Waals surface area contributed by atoms with Crippen LogP contribution in [0, 0.1) is 0 Å². The molecule has 0 aliphatic rings. The summed E-state index contributed by atoms with van der Waals surface area (Å²) < 4.78 is 11.1. The molecule has 0 saturated heterocycles. The minimum absolute atomic E-state index is 0.180. The molecule has 0 aliphatic carbocycles. The van der Waals surface area contributed by atoms with Crippen LogP contribution in [0.2, 0.25) is 0 Å². The molecule has 0 aliphatic heterocycles. The number of rotatable bonds is 11. The average molecular weight is 356 g/mol. The molecule has 0 amide bonds. The molecule has 0 fully saturated rings. The summed E-state index contributed by atoms with van der Waals surface area (Å²) in [4.78, 5) is 0. The molecule has 0 saturated carbocycles. The fourth-order valence-electron chi connectivity index (χ4n) is 2.74. The molecular weight excluding hydrogens is 328 g/mol. The van der Waals surface area contributed by atoms with Gasteiger partial charge < -0.3 is 19.7 Å². The molecule has 0 unspecified atom stereocenters. The lowest BCUT2D eigenvalue weighted by atomic mass is 10.0. The molecule has 0 aromatic heterocycles. The summed E-state index contributed by atoms with van der Waals surface area (Å²) in [5.74, 6) is 0.690. The Balaban J connectivity index is 1.93. The van der Waals surface area contributed by atoms with E-state index in [1.165, 1.54) is 0 Å². The van der Waals surface area contributed by atoms with Gasteiger partial charge in [0.15, 0.2) is 11.5 Å². The second-order valence-electron chi connectivity index (χ2n) is 6.16. The number of allylic oxidation sites excluding steroid dienone is 1. The molecule has 2 rings (SSSR count). The Morgan fingerprint density at radius 3 is 2.42 bits per heavy atom. The fourth-order valence-corrected chi connectivity index (χ4v) is 2.74. The van der Waals surface area contributed by atoms with Crippen LogP contribution in [0.15, 0.2) is 54.6 Å². The molecular formula is C22H28O4. The largest absolute Gasteiger partial charge is 0.504 e. The second-order valence-corrected chi connectivity index (χ2v) is 6.16. The molecule has 2 N–H and O–H groups in total. The molecule has 0 atom stereocenters. The van der Waals surface area contributed by atoms with Gasteiger partial charge in [0.25, 0.3) is 0 Å². The van der Waals surface area contributed by atoms with Gasteiger partial charge in [-0.3, -0.25) is 0 Å². The highest BCUT2D eigenvalue weighted by Crippen LogP contribution is 2.33. The number of aryl methyl sites for hydroxylation is 1. The van der Waals surface area contributed by atoms with E-state index in [4.69, 9.17) is 14.6 Å². The van der Waals surface area contributed by atoms with Crippen LogP contribution in [0.4, 0.5) is 0 Å². The molecule has 140 valence electrons. The van der Waals surface area contributed by atoms with Crippen molar-refractivity contribution in [1.29, 1.82) is 0 Å². The van der Waals surface area contributed by atoms with Crippen LogP contribution in [0.3, 0.4) is 0 Å². The van der Waals surface area contributed by atoms with Gasteiger partial charge in [0.05, 0.1) is 20.3 Å². The molecule has 4 heteroatoms. The predicted octanol–water partition coefficient (Wildman–Crippen LogP) is 4.38. The van der Waals surface area contributed by atoms with Crippen molar-refractivity contribution in [3.05, 3.63) is 71.3 Å². The maximum atomic E-state index is 10.3. The van der Waals surface area contributed by atoms with Crippen molar-refractivity contribution in [3.63, 3.8) is 0 Å². The zero-order chi connectivity index (χ0) is 18.6. The third kappa shape index (κ3) is 6.54. The molecule has 2 aromatic carbocycles. The highest BCUT2D eigenvalue weighted by Gasteiger charge is 2.10. The molecule has 0 spiro atoms. The summed E-state index contributed by atoms with van der Waals surface area (Å²) >= 11 is 0. The highest BCUT2D eigenvalue weighted by molar-refractivity contribution is 5.48.